The predicted molar refractivity (Wildman–Crippen MR) is 128 cm³/mol. The number of likely N-dealkylation sites (tertiary alicyclic amines) is 1. The Kier molecular flexibility index (Phi) is 6.88. The Morgan fingerprint density at radius 1 is 0.974 bits per heavy atom. The second kappa shape index (κ2) is 10.0. The number of amides is 1. The molecule has 0 aliphatic carbocycles. The van der Waals surface area contributed by atoms with Crippen LogP contribution < -0.4 is 0 Å². The molecule has 200 valence electrons. The van der Waals surface area contributed by atoms with E-state index in [1.807, 2.05) is 6.07 Å². The summed E-state index contributed by atoms with van der Waals surface area (Å²) in [6, 6.07) is 5.08. The molecular formula is C25H21F6N5OS. The number of thiazole rings is 1. The number of fused-ring (bicyclic) bond motifs is 1. The zero-order valence-corrected chi connectivity index (χ0v) is 20.6. The molecule has 1 fully saturated rings. The van der Waals surface area contributed by atoms with Gasteiger partial charge < -0.3 is 9.47 Å². The monoisotopic (exact) mass is 553 g/mol. The van der Waals surface area contributed by atoms with Gasteiger partial charge in [0.05, 0.1) is 17.5 Å². The maximum absolute atomic E-state index is 13.3. The first kappa shape index (κ1) is 26.1. The third kappa shape index (κ3) is 5.52. The maximum atomic E-state index is 13.3. The Hall–Kier alpha value is -3.48. The first-order valence-electron chi connectivity index (χ1n) is 11.8. The molecule has 6 nitrogen and oxygen atoms in total. The van der Waals surface area contributed by atoms with Gasteiger partial charge in [0.2, 0.25) is 5.91 Å². The molecule has 0 spiro atoms. The van der Waals surface area contributed by atoms with Crippen LogP contribution in [0, 0.1) is 0 Å². The van der Waals surface area contributed by atoms with Crippen LogP contribution in [0.5, 0.6) is 0 Å². The zero-order valence-electron chi connectivity index (χ0n) is 19.8. The van der Waals surface area contributed by atoms with Crippen LogP contribution in [0.15, 0.2) is 49.1 Å². The maximum Gasteiger partial charge on any atom is 0.416 e. The molecule has 5 rings (SSSR count). The fourth-order valence-corrected chi connectivity index (χ4v) is 5.65. The summed E-state index contributed by atoms with van der Waals surface area (Å²) >= 11 is 1.09. The van der Waals surface area contributed by atoms with Gasteiger partial charge in [0.1, 0.15) is 17.1 Å². The van der Waals surface area contributed by atoms with Crippen LogP contribution in [0.1, 0.15) is 41.2 Å². The quantitative estimate of drug-likeness (QED) is 0.275. The third-order valence-electron chi connectivity index (χ3n) is 6.52. The van der Waals surface area contributed by atoms with E-state index in [1.165, 1.54) is 6.20 Å². The Balaban J connectivity index is 1.30. The minimum absolute atomic E-state index is 0.0114. The molecule has 1 amide bonds. The Labute approximate surface area is 217 Å². The standard InChI is InChI=1S/C25H21F6N5OS/c26-24(27,28)17-9-16(10-18(11-17)25(29,30)31)23-33-12-20(38-23)15-3-2-7-35(8-5-15)21(37)13-36-14-34-19-4-1-6-32-22(19)36/h1,4,6,9-12,14-15H,2-3,5,7-8,13H2. The van der Waals surface area contributed by atoms with Crippen molar-refractivity contribution in [2.24, 2.45) is 0 Å². The average molecular weight is 554 g/mol. The molecule has 3 aromatic heterocycles. The van der Waals surface area contributed by atoms with Crippen molar-refractivity contribution in [3.05, 3.63) is 65.1 Å². The minimum atomic E-state index is -4.92. The Bertz CT molecular complexity index is 1430. The summed E-state index contributed by atoms with van der Waals surface area (Å²) < 4.78 is 81.3. The number of hydrogen-bond donors (Lipinski definition) is 0. The van der Waals surface area contributed by atoms with Crippen LogP contribution in [0.4, 0.5) is 26.3 Å². The number of pyridine rings is 1. The molecule has 13 heteroatoms. The van der Waals surface area contributed by atoms with E-state index >= 15 is 0 Å². The SMILES string of the molecule is O=C(Cn1cnc2cccnc21)N1CCCC(c2cnc(-c3cc(C(F)(F)F)cc(C(F)(F)F)c3)s2)CC1. The van der Waals surface area contributed by atoms with E-state index in [2.05, 4.69) is 15.0 Å². The Morgan fingerprint density at radius 2 is 1.71 bits per heavy atom. The molecule has 0 N–H and O–H groups in total. The molecule has 1 aliphatic rings. The van der Waals surface area contributed by atoms with Crippen LogP contribution >= 0.6 is 11.3 Å². The number of halogens is 6. The van der Waals surface area contributed by atoms with Gasteiger partial charge in [-0.3, -0.25) is 4.79 Å². The number of rotatable bonds is 4. The van der Waals surface area contributed by atoms with Gasteiger partial charge in [-0.2, -0.15) is 26.3 Å². The van der Waals surface area contributed by atoms with Crippen molar-refractivity contribution in [1.82, 2.24) is 24.4 Å². The summed E-state index contributed by atoms with van der Waals surface area (Å²) in [5.74, 6) is -0.0908. The largest absolute Gasteiger partial charge is 0.416 e. The van der Waals surface area contributed by atoms with Crippen LogP contribution in [0.25, 0.3) is 21.7 Å². The molecule has 0 radical (unpaired) electrons. The molecule has 1 unspecified atom stereocenters. The molecule has 4 aromatic rings. The zero-order chi connectivity index (χ0) is 27.1. The number of carbonyl (C=O) groups is 1. The molecule has 4 heterocycles. The lowest BCUT2D eigenvalue weighted by atomic mass is 10.00. The van der Waals surface area contributed by atoms with Gasteiger partial charge in [0.25, 0.3) is 0 Å². The normalized spacial score (nSPS) is 17.1. The molecule has 38 heavy (non-hydrogen) atoms. The summed E-state index contributed by atoms with van der Waals surface area (Å²) in [5, 5.41) is 0.0910. The topological polar surface area (TPSA) is 63.9 Å². The van der Waals surface area contributed by atoms with Crippen molar-refractivity contribution in [3.63, 3.8) is 0 Å². The summed E-state index contributed by atoms with van der Waals surface area (Å²) in [4.78, 5) is 28.2. The Morgan fingerprint density at radius 3 is 2.42 bits per heavy atom. The third-order valence-corrected chi connectivity index (χ3v) is 7.73. The second-order valence-electron chi connectivity index (χ2n) is 9.09. The summed E-state index contributed by atoms with van der Waals surface area (Å²) in [6.07, 6.45) is -3.10. The van der Waals surface area contributed by atoms with Crippen molar-refractivity contribution in [1.29, 1.82) is 0 Å². The van der Waals surface area contributed by atoms with Crippen molar-refractivity contribution in [2.45, 2.75) is 44.1 Å². The highest BCUT2D eigenvalue weighted by Gasteiger charge is 2.37. The van der Waals surface area contributed by atoms with E-state index in [9.17, 15) is 31.1 Å². The number of carbonyl (C=O) groups excluding carboxylic acids is 1. The highest BCUT2D eigenvalue weighted by molar-refractivity contribution is 7.15. The van der Waals surface area contributed by atoms with E-state index in [1.54, 1.807) is 28.1 Å². The first-order valence-corrected chi connectivity index (χ1v) is 12.6. The van der Waals surface area contributed by atoms with Gasteiger partial charge in [0, 0.05) is 35.9 Å². The number of benzene rings is 1. The summed E-state index contributed by atoms with van der Waals surface area (Å²) in [7, 11) is 0. The fraction of sp³-hybridized carbons (Fsp3) is 0.360. The van der Waals surface area contributed by atoms with E-state index in [0.717, 1.165) is 22.6 Å². The highest BCUT2D eigenvalue weighted by Crippen LogP contribution is 2.41. The number of aromatic nitrogens is 4. The van der Waals surface area contributed by atoms with Crippen LogP contribution in [-0.4, -0.2) is 43.4 Å². The number of nitrogens with zero attached hydrogens (tertiary/aromatic N) is 5. The van der Waals surface area contributed by atoms with Gasteiger partial charge in [-0.05, 0) is 55.5 Å². The molecule has 0 bridgehead atoms. The number of hydrogen-bond acceptors (Lipinski definition) is 5. The molecular weight excluding hydrogens is 532 g/mol. The van der Waals surface area contributed by atoms with Gasteiger partial charge in [-0.25, -0.2) is 15.0 Å². The molecule has 1 saturated heterocycles. The minimum Gasteiger partial charge on any atom is -0.341 e. The lowest BCUT2D eigenvalue weighted by molar-refractivity contribution is -0.143. The predicted octanol–water partition coefficient (Wildman–Crippen LogP) is 6.39. The lowest BCUT2D eigenvalue weighted by Gasteiger charge is -2.20. The van der Waals surface area contributed by atoms with Gasteiger partial charge in [-0.1, -0.05) is 0 Å². The summed E-state index contributed by atoms with van der Waals surface area (Å²) in [5.41, 5.74) is -1.66. The van der Waals surface area contributed by atoms with Gasteiger partial charge in [-0.15, -0.1) is 11.3 Å². The van der Waals surface area contributed by atoms with Crippen molar-refractivity contribution < 1.29 is 31.1 Å². The molecule has 1 atom stereocenters. The van der Waals surface area contributed by atoms with E-state index < -0.39 is 23.5 Å². The van der Waals surface area contributed by atoms with E-state index in [0.29, 0.717) is 49.2 Å². The van der Waals surface area contributed by atoms with Crippen molar-refractivity contribution in [3.8, 4) is 10.6 Å². The average Bonchev–Trinajstić information content (AvgIpc) is 3.44. The summed E-state index contributed by atoms with van der Waals surface area (Å²) in [6.45, 7) is 1.11. The van der Waals surface area contributed by atoms with Gasteiger partial charge in [0.15, 0.2) is 5.65 Å². The lowest BCUT2D eigenvalue weighted by Crippen LogP contribution is -2.34. The van der Waals surface area contributed by atoms with Crippen LogP contribution in [0.3, 0.4) is 0 Å². The number of imidazole rings is 1. The van der Waals surface area contributed by atoms with Crippen LogP contribution in [0.2, 0.25) is 0 Å². The smallest absolute Gasteiger partial charge is 0.341 e. The van der Waals surface area contributed by atoms with Crippen molar-refractivity contribution >= 4 is 28.4 Å². The fourth-order valence-electron chi connectivity index (χ4n) is 4.58. The van der Waals surface area contributed by atoms with Crippen LogP contribution in [-0.2, 0) is 23.7 Å². The highest BCUT2D eigenvalue weighted by atomic mass is 32.1. The van der Waals surface area contributed by atoms with E-state index in [4.69, 9.17) is 0 Å². The van der Waals surface area contributed by atoms with Gasteiger partial charge >= 0.3 is 12.4 Å². The second-order valence-corrected chi connectivity index (χ2v) is 10.2. The van der Waals surface area contributed by atoms with Crippen molar-refractivity contribution in [2.75, 3.05) is 13.1 Å². The first-order chi connectivity index (χ1) is 18.0. The molecule has 1 aromatic carbocycles. The molecule has 1 aliphatic heterocycles. The number of alkyl halides is 6. The van der Waals surface area contributed by atoms with E-state index in [-0.39, 0.29) is 35.0 Å². The molecule has 0 saturated carbocycles.